The zero-order valence-electron chi connectivity index (χ0n) is 13.8. The summed E-state index contributed by atoms with van der Waals surface area (Å²) in [7, 11) is 1.64. The van der Waals surface area contributed by atoms with E-state index in [4.69, 9.17) is 14.2 Å². The van der Waals surface area contributed by atoms with Crippen molar-refractivity contribution in [3.05, 3.63) is 72.1 Å². The van der Waals surface area contributed by atoms with Crippen molar-refractivity contribution in [1.29, 1.82) is 0 Å². The number of hydrogen-bond acceptors (Lipinski definition) is 5. The van der Waals surface area contributed by atoms with E-state index in [2.05, 4.69) is 4.98 Å². The van der Waals surface area contributed by atoms with Gasteiger partial charge in [-0.25, -0.2) is 9.78 Å². The van der Waals surface area contributed by atoms with E-state index in [9.17, 15) is 4.79 Å². The van der Waals surface area contributed by atoms with Crippen LogP contribution in [0.25, 0.3) is 0 Å². The molecule has 5 heteroatoms. The van der Waals surface area contributed by atoms with Gasteiger partial charge in [-0.05, 0) is 42.8 Å². The third-order valence-electron chi connectivity index (χ3n) is 3.22. The van der Waals surface area contributed by atoms with Gasteiger partial charge in [0.25, 0.3) is 0 Å². The van der Waals surface area contributed by atoms with Crippen molar-refractivity contribution in [3.8, 4) is 5.75 Å². The summed E-state index contributed by atoms with van der Waals surface area (Å²) in [5.74, 6) is 0.383. The van der Waals surface area contributed by atoms with Crippen molar-refractivity contribution in [2.45, 2.75) is 19.6 Å². The molecule has 0 N–H and O–H groups in total. The molecule has 0 amide bonds. The van der Waals surface area contributed by atoms with Gasteiger partial charge in [-0.3, -0.25) is 0 Å². The molecule has 0 aliphatic carbocycles. The van der Waals surface area contributed by atoms with Gasteiger partial charge < -0.3 is 14.2 Å². The van der Waals surface area contributed by atoms with Crippen molar-refractivity contribution < 1.29 is 19.0 Å². The van der Waals surface area contributed by atoms with Gasteiger partial charge in [0.15, 0.2) is 0 Å². The lowest BCUT2D eigenvalue weighted by atomic mass is 10.2. The van der Waals surface area contributed by atoms with Crippen LogP contribution in [-0.4, -0.2) is 30.8 Å². The highest BCUT2D eigenvalue weighted by Gasteiger charge is 2.10. The Hall–Kier alpha value is -2.66. The molecule has 0 bridgehead atoms. The molecule has 1 aromatic carbocycles. The van der Waals surface area contributed by atoms with Gasteiger partial charge in [-0.15, -0.1) is 0 Å². The van der Waals surface area contributed by atoms with Crippen molar-refractivity contribution >= 4 is 5.97 Å². The van der Waals surface area contributed by atoms with Gasteiger partial charge in [0.2, 0.25) is 0 Å². The third kappa shape index (κ3) is 5.85. The van der Waals surface area contributed by atoms with E-state index in [1.165, 1.54) is 0 Å². The third-order valence-corrected chi connectivity index (χ3v) is 3.22. The number of esters is 1. The molecule has 0 radical (unpaired) electrons. The second-order valence-electron chi connectivity index (χ2n) is 5.12. The number of carbonyl (C=O) groups excluding carboxylic acids is 1. The molecule has 0 unspecified atom stereocenters. The Morgan fingerprint density at radius 2 is 2.00 bits per heavy atom. The summed E-state index contributed by atoms with van der Waals surface area (Å²) in [6, 6.07) is 12.8. The van der Waals surface area contributed by atoms with Gasteiger partial charge in [-0.1, -0.05) is 24.3 Å². The minimum Gasteiger partial charge on any atom is -0.497 e. The molecule has 1 aromatic heterocycles. The van der Waals surface area contributed by atoms with Crippen LogP contribution in [0.4, 0.5) is 0 Å². The average Bonchev–Trinajstić information content (AvgIpc) is 2.62. The van der Waals surface area contributed by atoms with E-state index in [-0.39, 0.29) is 6.10 Å². The molecule has 126 valence electrons. The first-order valence-electron chi connectivity index (χ1n) is 7.68. The predicted molar refractivity (Wildman–Crippen MR) is 90.9 cm³/mol. The van der Waals surface area contributed by atoms with Crippen LogP contribution >= 0.6 is 0 Å². The van der Waals surface area contributed by atoms with Crippen LogP contribution in [0.3, 0.4) is 0 Å². The minimum atomic E-state index is -0.438. The lowest BCUT2D eigenvalue weighted by molar-refractivity contribution is 0.0415. The van der Waals surface area contributed by atoms with Gasteiger partial charge in [-0.2, -0.15) is 0 Å². The molecule has 0 aliphatic rings. The Balaban J connectivity index is 1.68. The summed E-state index contributed by atoms with van der Waals surface area (Å²) in [6.45, 7) is 2.74. The van der Waals surface area contributed by atoms with Gasteiger partial charge in [0.1, 0.15) is 17.5 Å². The number of ether oxygens (including phenoxy) is 3. The van der Waals surface area contributed by atoms with Crippen LogP contribution in [0.5, 0.6) is 5.75 Å². The zero-order valence-corrected chi connectivity index (χ0v) is 13.8. The first kappa shape index (κ1) is 17.7. The SMILES string of the molecule is COc1ccc(COC/C=C\[C@@H](C)OC(=O)c2ccccn2)cc1. The largest absolute Gasteiger partial charge is 0.497 e. The minimum absolute atomic E-state index is 0.300. The number of benzene rings is 1. The molecule has 24 heavy (non-hydrogen) atoms. The standard InChI is InChI=1S/C19H21NO4/c1-15(24-19(21)18-7-3-4-12-20-18)6-5-13-23-14-16-8-10-17(22-2)11-9-16/h3-12,15H,13-14H2,1-2H3/b6-5-/t15-/m1/s1. The molecule has 0 saturated carbocycles. The number of hydrogen-bond donors (Lipinski definition) is 0. The summed E-state index contributed by atoms with van der Waals surface area (Å²) < 4.78 is 15.9. The average molecular weight is 327 g/mol. The molecule has 0 saturated heterocycles. The number of carbonyl (C=O) groups is 1. The van der Waals surface area contributed by atoms with E-state index < -0.39 is 5.97 Å². The monoisotopic (exact) mass is 327 g/mol. The number of nitrogens with zero attached hydrogens (tertiary/aromatic N) is 1. The van der Waals surface area contributed by atoms with Crippen molar-refractivity contribution in [1.82, 2.24) is 4.98 Å². The second kappa shape index (κ2) is 9.47. The number of aromatic nitrogens is 1. The van der Waals surface area contributed by atoms with E-state index in [0.29, 0.717) is 18.9 Å². The Morgan fingerprint density at radius 1 is 1.21 bits per heavy atom. The second-order valence-corrected chi connectivity index (χ2v) is 5.12. The van der Waals surface area contributed by atoms with Gasteiger partial charge in [0, 0.05) is 6.20 Å². The van der Waals surface area contributed by atoms with Crippen LogP contribution in [0.1, 0.15) is 23.0 Å². The first-order valence-corrected chi connectivity index (χ1v) is 7.68. The molecule has 2 rings (SSSR count). The molecular weight excluding hydrogens is 306 g/mol. The molecule has 0 aliphatic heterocycles. The summed E-state index contributed by atoms with van der Waals surface area (Å²) in [6.07, 6.45) is 4.84. The molecule has 2 aromatic rings. The summed E-state index contributed by atoms with van der Waals surface area (Å²) >= 11 is 0. The number of pyridine rings is 1. The molecule has 0 spiro atoms. The lowest BCUT2D eigenvalue weighted by Crippen LogP contribution is -2.14. The number of methoxy groups -OCH3 is 1. The topological polar surface area (TPSA) is 57.7 Å². The van der Waals surface area contributed by atoms with Crippen LogP contribution in [-0.2, 0) is 16.1 Å². The van der Waals surface area contributed by atoms with Crippen LogP contribution in [0.2, 0.25) is 0 Å². The van der Waals surface area contributed by atoms with E-state index in [1.807, 2.05) is 30.3 Å². The maximum atomic E-state index is 11.8. The fourth-order valence-corrected chi connectivity index (χ4v) is 1.97. The molecule has 0 fully saturated rings. The molecular formula is C19H21NO4. The molecule has 1 heterocycles. The fourth-order valence-electron chi connectivity index (χ4n) is 1.97. The first-order chi connectivity index (χ1) is 11.7. The maximum absolute atomic E-state index is 11.8. The van der Waals surface area contributed by atoms with Crippen molar-refractivity contribution in [3.63, 3.8) is 0 Å². The van der Waals surface area contributed by atoms with Gasteiger partial charge >= 0.3 is 5.97 Å². The Kier molecular flexibility index (Phi) is 6.98. The highest BCUT2D eigenvalue weighted by Crippen LogP contribution is 2.11. The number of rotatable bonds is 8. The van der Waals surface area contributed by atoms with E-state index in [1.54, 1.807) is 44.5 Å². The predicted octanol–water partition coefficient (Wildman–Crippen LogP) is 3.41. The van der Waals surface area contributed by atoms with E-state index in [0.717, 1.165) is 11.3 Å². The Bertz CT molecular complexity index is 653. The van der Waals surface area contributed by atoms with Crippen LogP contribution in [0, 0.1) is 0 Å². The fraction of sp³-hybridized carbons (Fsp3) is 0.263. The maximum Gasteiger partial charge on any atom is 0.357 e. The zero-order chi connectivity index (χ0) is 17.2. The Morgan fingerprint density at radius 3 is 2.67 bits per heavy atom. The van der Waals surface area contributed by atoms with Gasteiger partial charge in [0.05, 0.1) is 20.3 Å². The van der Waals surface area contributed by atoms with E-state index >= 15 is 0 Å². The normalized spacial score (nSPS) is 12.1. The highest BCUT2D eigenvalue weighted by atomic mass is 16.5. The molecule has 5 nitrogen and oxygen atoms in total. The summed E-state index contributed by atoms with van der Waals surface area (Å²) in [5, 5.41) is 0. The van der Waals surface area contributed by atoms with Crippen LogP contribution in [0.15, 0.2) is 60.8 Å². The molecule has 1 atom stereocenters. The van der Waals surface area contributed by atoms with Crippen molar-refractivity contribution in [2.75, 3.05) is 13.7 Å². The Labute approximate surface area is 141 Å². The lowest BCUT2D eigenvalue weighted by Gasteiger charge is -2.08. The highest BCUT2D eigenvalue weighted by molar-refractivity contribution is 5.87. The smallest absolute Gasteiger partial charge is 0.357 e. The summed E-state index contributed by atoms with van der Waals surface area (Å²) in [4.78, 5) is 15.8. The summed E-state index contributed by atoms with van der Waals surface area (Å²) in [5.41, 5.74) is 1.37. The van der Waals surface area contributed by atoms with Crippen LogP contribution < -0.4 is 4.74 Å². The van der Waals surface area contributed by atoms with Crippen molar-refractivity contribution in [2.24, 2.45) is 0 Å². The quantitative estimate of drug-likeness (QED) is 0.422.